The lowest BCUT2D eigenvalue weighted by Gasteiger charge is -2.15. The standard InChI is InChI=1S/C9H13NO3/c1-6(7(2)11)10-9(12)8-4-3-5-13-8/h3-7,11H,1-2H3,(H,10,12). The highest BCUT2D eigenvalue weighted by Crippen LogP contribution is 2.00. The molecule has 4 nitrogen and oxygen atoms in total. The second-order valence-corrected chi connectivity index (χ2v) is 2.98. The van der Waals surface area contributed by atoms with Crippen molar-refractivity contribution in [2.45, 2.75) is 26.0 Å². The zero-order valence-corrected chi connectivity index (χ0v) is 7.65. The number of amides is 1. The smallest absolute Gasteiger partial charge is 0.287 e. The van der Waals surface area contributed by atoms with E-state index in [0.717, 1.165) is 0 Å². The summed E-state index contributed by atoms with van der Waals surface area (Å²) in [7, 11) is 0. The van der Waals surface area contributed by atoms with Gasteiger partial charge in [-0.25, -0.2) is 0 Å². The summed E-state index contributed by atoms with van der Waals surface area (Å²) >= 11 is 0. The summed E-state index contributed by atoms with van der Waals surface area (Å²) in [5.74, 6) is -0.0501. The van der Waals surface area contributed by atoms with Crippen LogP contribution in [0.3, 0.4) is 0 Å². The first kappa shape index (κ1) is 9.80. The molecule has 0 bridgehead atoms. The Bertz CT molecular complexity index is 266. The lowest BCUT2D eigenvalue weighted by molar-refractivity contribution is 0.0847. The minimum absolute atomic E-state index is 0.257. The van der Waals surface area contributed by atoms with Gasteiger partial charge in [-0.1, -0.05) is 0 Å². The molecular weight excluding hydrogens is 170 g/mol. The van der Waals surface area contributed by atoms with Gasteiger partial charge in [0.2, 0.25) is 0 Å². The summed E-state index contributed by atoms with van der Waals surface area (Å²) in [5, 5.41) is 11.7. The number of aliphatic hydroxyl groups excluding tert-OH is 1. The molecule has 0 fully saturated rings. The SMILES string of the molecule is CC(O)C(C)NC(=O)c1ccco1. The van der Waals surface area contributed by atoms with Crippen molar-refractivity contribution in [1.82, 2.24) is 5.32 Å². The summed E-state index contributed by atoms with van der Waals surface area (Å²) < 4.78 is 4.88. The molecule has 1 rings (SSSR count). The van der Waals surface area contributed by atoms with Crippen LogP contribution in [0.1, 0.15) is 24.4 Å². The number of furan rings is 1. The lowest BCUT2D eigenvalue weighted by atomic mass is 10.2. The van der Waals surface area contributed by atoms with Gasteiger partial charge < -0.3 is 14.8 Å². The Hall–Kier alpha value is -1.29. The highest BCUT2D eigenvalue weighted by Gasteiger charge is 2.14. The van der Waals surface area contributed by atoms with Gasteiger partial charge in [-0.2, -0.15) is 0 Å². The van der Waals surface area contributed by atoms with E-state index in [4.69, 9.17) is 9.52 Å². The van der Waals surface area contributed by atoms with Crippen LogP contribution in [0.25, 0.3) is 0 Å². The van der Waals surface area contributed by atoms with Gasteiger partial charge in [0.1, 0.15) is 0 Å². The van der Waals surface area contributed by atoms with E-state index in [1.165, 1.54) is 6.26 Å². The number of nitrogens with one attached hydrogen (secondary N) is 1. The van der Waals surface area contributed by atoms with Crippen LogP contribution in [0, 0.1) is 0 Å². The molecule has 0 saturated heterocycles. The molecule has 0 aliphatic rings. The largest absolute Gasteiger partial charge is 0.459 e. The quantitative estimate of drug-likeness (QED) is 0.727. The molecule has 0 radical (unpaired) electrons. The van der Waals surface area contributed by atoms with Crippen molar-refractivity contribution < 1.29 is 14.3 Å². The van der Waals surface area contributed by atoms with E-state index >= 15 is 0 Å². The first-order chi connectivity index (χ1) is 6.11. The fraction of sp³-hybridized carbons (Fsp3) is 0.444. The molecule has 2 N–H and O–H groups in total. The maximum atomic E-state index is 11.3. The molecule has 2 unspecified atom stereocenters. The first-order valence-corrected chi connectivity index (χ1v) is 4.13. The summed E-state index contributed by atoms with van der Waals surface area (Å²) in [6.45, 7) is 3.35. The predicted octanol–water partition coefficient (Wildman–Crippen LogP) is 0.779. The van der Waals surface area contributed by atoms with Gasteiger partial charge in [0.15, 0.2) is 5.76 Å². The zero-order valence-electron chi connectivity index (χ0n) is 7.65. The Balaban J connectivity index is 2.52. The predicted molar refractivity (Wildman–Crippen MR) is 47.3 cm³/mol. The van der Waals surface area contributed by atoms with Crippen molar-refractivity contribution in [1.29, 1.82) is 0 Å². The average Bonchev–Trinajstić information content (AvgIpc) is 2.55. The third kappa shape index (κ3) is 2.59. The van der Waals surface area contributed by atoms with Gasteiger partial charge in [0.05, 0.1) is 18.4 Å². The van der Waals surface area contributed by atoms with E-state index in [2.05, 4.69) is 5.32 Å². The van der Waals surface area contributed by atoms with Crippen molar-refractivity contribution >= 4 is 5.91 Å². The van der Waals surface area contributed by atoms with Crippen LogP contribution in [0.5, 0.6) is 0 Å². The van der Waals surface area contributed by atoms with Crippen molar-refractivity contribution in [2.24, 2.45) is 0 Å². The first-order valence-electron chi connectivity index (χ1n) is 4.13. The van der Waals surface area contributed by atoms with Crippen LogP contribution in [-0.4, -0.2) is 23.2 Å². The van der Waals surface area contributed by atoms with Crippen LogP contribution in [0.4, 0.5) is 0 Å². The van der Waals surface area contributed by atoms with Crippen LogP contribution in [0.15, 0.2) is 22.8 Å². The van der Waals surface area contributed by atoms with E-state index in [1.54, 1.807) is 26.0 Å². The average molecular weight is 183 g/mol. The monoisotopic (exact) mass is 183 g/mol. The zero-order chi connectivity index (χ0) is 9.84. The Morgan fingerprint density at radius 3 is 2.77 bits per heavy atom. The normalized spacial score (nSPS) is 15.0. The number of rotatable bonds is 3. The van der Waals surface area contributed by atoms with Gasteiger partial charge in [-0.05, 0) is 26.0 Å². The van der Waals surface area contributed by atoms with Gasteiger partial charge in [0, 0.05) is 0 Å². The van der Waals surface area contributed by atoms with Gasteiger partial charge in [0.25, 0.3) is 5.91 Å². The second-order valence-electron chi connectivity index (χ2n) is 2.98. The Morgan fingerprint density at radius 1 is 1.62 bits per heavy atom. The maximum Gasteiger partial charge on any atom is 0.287 e. The number of hydrogen-bond acceptors (Lipinski definition) is 3. The highest BCUT2D eigenvalue weighted by molar-refractivity contribution is 5.91. The lowest BCUT2D eigenvalue weighted by Crippen LogP contribution is -2.39. The molecule has 1 amide bonds. The molecule has 2 atom stereocenters. The summed E-state index contributed by atoms with van der Waals surface area (Å²) in [5.41, 5.74) is 0. The molecule has 0 saturated carbocycles. The van der Waals surface area contributed by atoms with Gasteiger partial charge in [-0.15, -0.1) is 0 Å². The summed E-state index contributed by atoms with van der Waals surface area (Å²) in [6, 6.07) is 2.93. The minimum atomic E-state index is -0.570. The van der Waals surface area contributed by atoms with Crippen molar-refractivity contribution in [3.63, 3.8) is 0 Å². The number of carbonyl (C=O) groups excluding carboxylic acids is 1. The molecule has 4 heteroatoms. The van der Waals surface area contributed by atoms with Crippen LogP contribution in [-0.2, 0) is 0 Å². The molecule has 0 spiro atoms. The molecule has 1 aromatic heterocycles. The van der Waals surface area contributed by atoms with Crippen LogP contribution < -0.4 is 5.32 Å². The topological polar surface area (TPSA) is 62.5 Å². The Labute approximate surface area is 76.6 Å². The second kappa shape index (κ2) is 4.09. The molecule has 0 aliphatic carbocycles. The molecule has 0 aromatic carbocycles. The van der Waals surface area contributed by atoms with E-state index in [-0.39, 0.29) is 17.7 Å². The molecule has 72 valence electrons. The fourth-order valence-corrected chi connectivity index (χ4v) is 0.806. The van der Waals surface area contributed by atoms with Crippen LogP contribution >= 0.6 is 0 Å². The van der Waals surface area contributed by atoms with E-state index < -0.39 is 6.10 Å². The minimum Gasteiger partial charge on any atom is -0.459 e. The Morgan fingerprint density at radius 2 is 2.31 bits per heavy atom. The fourth-order valence-electron chi connectivity index (χ4n) is 0.806. The third-order valence-corrected chi connectivity index (χ3v) is 1.83. The van der Waals surface area contributed by atoms with E-state index in [9.17, 15) is 4.79 Å². The maximum absolute atomic E-state index is 11.3. The number of hydrogen-bond donors (Lipinski definition) is 2. The number of carbonyl (C=O) groups is 1. The highest BCUT2D eigenvalue weighted by atomic mass is 16.3. The van der Waals surface area contributed by atoms with Crippen molar-refractivity contribution in [3.8, 4) is 0 Å². The van der Waals surface area contributed by atoms with Gasteiger partial charge >= 0.3 is 0 Å². The third-order valence-electron chi connectivity index (χ3n) is 1.83. The van der Waals surface area contributed by atoms with E-state index in [1.807, 2.05) is 0 Å². The molecule has 1 heterocycles. The molecule has 1 aromatic rings. The van der Waals surface area contributed by atoms with Crippen molar-refractivity contribution in [3.05, 3.63) is 24.2 Å². The number of aliphatic hydroxyl groups is 1. The molecule has 13 heavy (non-hydrogen) atoms. The van der Waals surface area contributed by atoms with Gasteiger partial charge in [-0.3, -0.25) is 4.79 Å². The molecule has 0 aliphatic heterocycles. The molecular formula is C9H13NO3. The van der Waals surface area contributed by atoms with E-state index in [0.29, 0.717) is 0 Å². The summed E-state index contributed by atoms with van der Waals surface area (Å²) in [4.78, 5) is 11.3. The van der Waals surface area contributed by atoms with Crippen molar-refractivity contribution in [2.75, 3.05) is 0 Å². The summed E-state index contributed by atoms with van der Waals surface area (Å²) in [6.07, 6.45) is 0.862. The van der Waals surface area contributed by atoms with Crippen LogP contribution in [0.2, 0.25) is 0 Å². The Kier molecular flexibility index (Phi) is 3.08.